The topological polar surface area (TPSA) is 51.6 Å². The van der Waals surface area contributed by atoms with Gasteiger partial charge in [0.05, 0.1) is 0 Å². The number of hydrogen-bond acceptors (Lipinski definition) is 4. The van der Waals surface area contributed by atoms with Crippen molar-refractivity contribution >= 4 is 0 Å². The van der Waals surface area contributed by atoms with E-state index in [1.807, 2.05) is 72.8 Å². The van der Waals surface area contributed by atoms with Crippen molar-refractivity contribution in [3.8, 4) is 0 Å². The largest absolute Gasteiger partial charge is 0.265 e. The Labute approximate surface area is 161 Å². The van der Waals surface area contributed by atoms with Gasteiger partial charge in [0.15, 0.2) is 0 Å². The molecule has 4 nitrogen and oxygen atoms in total. The zero-order chi connectivity index (χ0) is 17.0. The van der Waals surface area contributed by atoms with Crippen LogP contribution in [-0.2, 0) is 19.5 Å². The first kappa shape index (κ1) is 22.2. The molecule has 0 spiro atoms. The third-order valence-corrected chi connectivity index (χ3v) is 2.27. The van der Waals surface area contributed by atoms with Crippen LogP contribution in [0.25, 0.3) is 0 Å². The first-order valence-corrected chi connectivity index (χ1v) is 7.40. The van der Waals surface area contributed by atoms with Crippen molar-refractivity contribution in [3.05, 3.63) is 122 Å². The minimum absolute atomic E-state index is 0. The molecule has 0 bridgehead atoms. The predicted octanol–water partition coefficient (Wildman–Crippen LogP) is 4.32. The Morgan fingerprint density at radius 2 is 0.400 bits per heavy atom. The molecule has 5 heteroatoms. The molecule has 25 heavy (non-hydrogen) atoms. The molecule has 0 amide bonds. The summed E-state index contributed by atoms with van der Waals surface area (Å²) in [6.07, 6.45) is 14.0. The van der Waals surface area contributed by atoms with E-state index in [0.717, 1.165) is 0 Å². The molecular formula is C20H20N4Zn. The summed E-state index contributed by atoms with van der Waals surface area (Å²) in [5.74, 6) is 0. The quantitative estimate of drug-likeness (QED) is 0.425. The Morgan fingerprint density at radius 1 is 0.240 bits per heavy atom. The van der Waals surface area contributed by atoms with Crippen LogP contribution in [-0.4, -0.2) is 19.9 Å². The SMILES string of the molecule is [Zn].c1ccncc1.c1ccncc1.c1ccncc1.c1ccncc1. The van der Waals surface area contributed by atoms with Crippen molar-refractivity contribution in [2.75, 3.05) is 0 Å². The number of nitrogens with zero attached hydrogens (tertiary/aromatic N) is 4. The summed E-state index contributed by atoms with van der Waals surface area (Å²) < 4.78 is 0. The molecule has 0 aliphatic carbocycles. The summed E-state index contributed by atoms with van der Waals surface area (Å²) in [5, 5.41) is 0. The molecule has 0 aromatic carbocycles. The maximum absolute atomic E-state index is 3.78. The summed E-state index contributed by atoms with van der Waals surface area (Å²) in [4.78, 5) is 15.1. The zero-order valence-corrected chi connectivity index (χ0v) is 17.0. The van der Waals surface area contributed by atoms with E-state index in [9.17, 15) is 0 Å². The number of pyridine rings is 4. The molecule has 0 radical (unpaired) electrons. The van der Waals surface area contributed by atoms with Crippen LogP contribution in [0.3, 0.4) is 0 Å². The fourth-order valence-corrected chi connectivity index (χ4v) is 1.25. The van der Waals surface area contributed by atoms with Gasteiger partial charge in [0.2, 0.25) is 0 Å². The van der Waals surface area contributed by atoms with Gasteiger partial charge < -0.3 is 0 Å². The van der Waals surface area contributed by atoms with Crippen LogP contribution in [0, 0.1) is 0 Å². The van der Waals surface area contributed by atoms with Crippen LogP contribution >= 0.6 is 0 Å². The summed E-state index contributed by atoms with van der Waals surface area (Å²) in [5.41, 5.74) is 0. The van der Waals surface area contributed by atoms with Crippen LogP contribution in [0.1, 0.15) is 0 Å². The number of aromatic nitrogens is 4. The summed E-state index contributed by atoms with van der Waals surface area (Å²) >= 11 is 0. The maximum Gasteiger partial charge on any atom is 0.0267 e. The van der Waals surface area contributed by atoms with Gasteiger partial charge in [-0.15, -0.1) is 0 Å². The molecule has 4 aromatic rings. The molecule has 0 saturated heterocycles. The second-order valence-corrected chi connectivity index (χ2v) is 4.10. The molecule has 4 aromatic heterocycles. The Bertz CT molecular complexity index is 436. The first-order chi connectivity index (χ1) is 12.0. The number of rotatable bonds is 0. The third kappa shape index (κ3) is 17.4. The fourth-order valence-electron chi connectivity index (χ4n) is 1.25. The van der Waals surface area contributed by atoms with Crippen molar-refractivity contribution < 1.29 is 19.5 Å². The molecule has 122 valence electrons. The van der Waals surface area contributed by atoms with Crippen LogP contribution in [0.2, 0.25) is 0 Å². The average Bonchev–Trinajstić information content (AvgIpc) is 2.75. The van der Waals surface area contributed by atoms with E-state index >= 15 is 0 Å². The van der Waals surface area contributed by atoms with Crippen LogP contribution in [0.15, 0.2) is 122 Å². The minimum atomic E-state index is 0. The maximum atomic E-state index is 3.78. The zero-order valence-electron chi connectivity index (χ0n) is 14.0. The Hall–Kier alpha value is -2.78. The van der Waals surface area contributed by atoms with E-state index < -0.39 is 0 Å². The standard InChI is InChI=1S/4C5H5N.Zn/c4*1-2-4-6-5-3-1;/h4*1-5H;. The van der Waals surface area contributed by atoms with Gasteiger partial charge in [-0.3, -0.25) is 19.9 Å². The van der Waals surface area contributed by atoms with Crippen molar-refractivity contribution in [2.24, 2.45) is 0 Å². The molecule has 0 fully saturated rings. The normalized spacial score (nSPS) is 7.68. The van der Waals surface area contributed by atoms with Crippen molar-refractivity contribution in [2.45, 2.75) is 0 Å². The molecular weight excluding hydrogens is 362 g/mol. The summed E-state index contributed by atoms with van der Waals surface area (Å²) in [7, 11) is 0. The van der Waals surface area contributed by atoms with Gasteiger partial charge in [0.1, 0.15) is 0 Å². The molecule has 0 aliphatic rings. The average molecular weight is 382 g/mol. The first-order valence-electron chi connectivity index (χ1n) is 7.40. The summed E-state index contributed by atoms with van der Waals surface area (Å²) in [6.45, 7) is 0. The van der Waals surface area contributed by atoms with Crippen molar-refractivity contribution in [1.82, 2.24) is 19.9 Å². The second-order valence-electron chi connectivity index (χ2n) is 4.10. The Morgan fingerprint density at radius 3 is 0.440 bits per heavy atom. The van der Waals surface area contributed by atoms with Crippen LogP contribution < -0.4 is 0 Å². The monoisotopic (exact) mass is 380 g/mol. The molecule has 0 unspecified atom stereocenters. The van der Waals surface area contributed by atoms with Gasteiger partial charge in [0, 0.05) is 69.1 Å². The van der Waals surface area contributed by atoms with Crippen LogP contribution in [0.5, 0.6) is 0 Å². The van der Waals surface area contributed by atoms with E-state index in [1.165, 1.54) is 0 Å². The van der Waals surface area contributed by atoms with E-state index in [1.54, 1.807) is 49.6 Å². The van der Waals surface area contributed by atoms with Gasteiger partial charge in [-0.1, -0.05) is 24.3 Å². The van der Waals surface area contributed by atoms with Gasteiger partial charge >= 0.3 is 0 Å². The van der Waals surface area contributed by atoms with E-state index in [2.05, 4.69) is 19.9 Å². The van der Waals surface area contributed by atoms with Gasteiger partial charge in [-0.05, 0) is 48.5 Å². The molecule has 0 aliphatic heterocycles. The molecule has 0 saturated carbocycles. The van der Waals surface area contributed by atoms with E-state index in [4.69, 9.17) is 0 Å². The van der Waals surface area contributed by atoms with Crippen molar-refractivity contribution in [3.63, 3.8) is 0 Å². The molecule has 4 heterocycles. The van der Waals surface area contributed by atoms with Crippen molar-refractivity contribution in [1.29, 1.82) is 0 Å². The fraction of sp³-hybridized carbons (Fsp3) is 0. The molecule has 0 atom stereocenters. The Balaban J connectivity index is 0.000000303. The van der Waals surface area contributed by atoms with Crippen LogP contribution in [0.4, 0.5) is 0 Å². The van der Waals surface area contributed by atoms with E-state index in [0.29, 0.717) is 0 Å². The summed E-state index contributed by atoms with van der Waals surface area (Å²) in [6, 6.07) is 22.9. The minimum Gasteiger partial charge on any atom is -0.265 e. The molecule has 0 N–H and O–H groups in total. The Kier molecular flexibility index (Phi) is 17.1. The number of hydrogen-bond donors (Lipinski definition) is 0. The smallest absolute Gasteiger partial charge is 0.0267 e. The predicted molar refractivity (Wildman–Crippen MR) is 96.9 cm³/mol. The van der Waals surface area contributed by atoms with Gasteiger partial charge in [-0.25, -0.2) is 0 Å². The second kappa shape index (κ2) is 19.3. The van der Waals surface area contributed by atoms with Gasteiger partial charge in [-0.2, -0.15) is 0 Å². The van der Waals surface area contributed by atoms with E-state index in [-0.39, 0.29) is 19.5 Å². The molecule has 4 rings (SSSR count). The third-order valence-electron chi connectivity index (χ3n) is 2.27. The van der Waals surface area contributed by atoms with Gasteiger partial charge in [0.25, 0.3) is 0 Å².